The van der Waals surface area contributed by atoms with Crippen molar-refractivity contribution in [2.24, 2.45) is 10.7 Å². The van der Waals surface area contributed by atoms with Crippen LogP contribution in [0.3, 0.4) is 0 Å². The molecule has 0 aromatic heterocycles. The van der Waals surface area contributed by atoms with Crippen LogP contribution in [-0.4, -0.2) is 44.1 Å². The zero-order valence-electron chi connectivity index (χ0n) is 15.4. The van der Waals surface area contributed by atoms with Gasteiger partial charge in [-0.25, -0.2) is 0 Å². The van der Waals surface area contributed by atoms with E-state index in [0.29, 0.717) is 12.5 Å². The number of nitrogens with two attached hydrogens (primary N) is 1. The van der Waals surface area contributed by atoms with E-state index >= 15 is 0 Å². The quantitative estimate of drug-likeness (QED) is 0.249. The van der Waals surface area contributed by atoms with Crippen LogP contribution >= 0.6 is 24.0 Å². The number of nitrogens with zero attached hydrogens (tertiary/aromatic N) is 2. The van der Waals surface area contributed by atoms with Gasteiger partial charge in [-0.3, -0.25) is 9.89 Å². The maximum atomic E-state index is 5.98. The Morgan fingerprint density at radius 1 is 1.29 bits per heavy atom. The lowest BCUT2D eigenvalue weighted by molar-refractivity contribution is 0.224. The summed E-state index contributed by atoms with van der Waals surface area (Å²) in [7, 11) is 1.69. The maximum Gasteiger partial charge on any atom is 0.188 e. The van der Waals surface area contributed by atoms with E-state index in [0.717, 1.165) is 38.2 Å². The molecule has 6 heteroatoms. The largest absolute Gasteiger partial charge is 0.497 e. The minimum absolute atomic E-state index is 0. The highest BCUT2D eigenvalue weighted by Crippen LogP contribution is 2.24. The van der Waals surface area contributed by atoms with E-state index in [4.69, 9.17) is 10.5 Å². The molecule has 0 bridgehead atoms. The average molecular weight is 448 g/mol. The standard InChI is InChI=1S/C18H32N4O.HI/c1-5-8-12-20-18(19)21-14-17(22(6-2)7-3)15-10-9-11-16(13-15)23-4;/h9-11,13,17H,5-8,12,14H2,1-4H3,(H3,19,20,21);1H. The lowest BCUT2D eigenvalue weighted by Gasteiger charge is -2.29. The van der Waals surface area contributed by atoms with Crippen molar-refractivity contribution in [3.8, 4) is 5.75 Å². The predicted octanol–water partition coefficient (Wildman–Crippen LogP) is 3.40. The zero-order chi connectivity index (χ0) is 17.1. The topological polar surface area (TPSA) is 62.9 Å². The number of halogens is 1. The van der Waals surface area contributed by atoms with Gasteiger partial charge >= 0.3 is 0 Å². The number of hydrogen-bond donors (Lipinski definition) is 2. The third-order valence-electron chi connectivity index (χ3n) is 4.00. The van der Waals surface area contributed by atoms with Crippen molar-refractivity contribution in [3.05, 3.63) is 29.8 Å². The van der Waals surface area contributed by atoms with Crippen LogP contribution in [0.25, 0.3) is 0 Å². The van der Waals surface area contributed by atoms with Gasteiger partial charge < -0.3 is 15.8 Å². The van der Waals surface area contributed by atoms with Crippen molar-refractivity contribution in [1.29, 1.82) is 0 Å². The van der Waals surface area contributed by atoms with Crippen molar-refractivity contribution in [2.45, 2.75) is 39.7 Å². The molecule has 5 nitrogen and oxygen atoms in total. The molecule has 0 saturated carbocycles. The van der Waals surface area contributed by atoms with Crippen LogP contribution in [0.15, 0.2) is 29.3 Å². The zero-order valence-corrected chi connectivity index (χ0v) is 17.7. The number of guanidine groups is 1. The summed E-state index contributed by atoms with van der Waals surface area (Å²) >= 11 is 0. The molecule has 0 spiro atoms. The maximum absolute atomic E-state index is 5.98. The van der Waals surface area contributed by atoms with Gasteiger partial charge in [0.25, 0.3) is 0 Å². The number of ether oxygens (including phenoxy) is 1. The van der Waals surface area contributed by atoms with Crippen molar-refractivity contribution < 1.29 is 4.74 Å². The fraction of sp³-hybridized carbons (Fsp3) is 0.611. The van der Waals surface area contributed by atoms with E-state index in [2.05, 4.69) is 48.1 Å². The summed E-state index contributed by atoms with van der Waals surface area (Å²) in [4.78, 5) is 6.93. The molecule has 0 aliphatic carbocycles. The van der Waals surface area contributed by atoms with Crippen LogP contribution in [0.2, 0.25) is 0 Å². The van der Waals surface area contributed by atoms with Crippen molar-refractivity contribution >= 4 is 29.9 Å². The van der Waals surface area contributed by atoms with E-state index in [1.807, 2.05) is 12.1 Å². The van der Waals surface area contributed by atoms with Crippen molar-refractivity contribution in [1.82, 2.24) is 10.2 Å². The Morgan fingerprint density at radius 2 is 2.00 bits per heavy atom. The molecule has 1 aromatic carbocycles. The Bertz CT molecular complexity index is 478. The molecule has 1 rings (SSSR count). The Morgan fingerprint density at radius 3 is 2.58 bits per heavy atom. The summed E-state index contributed by atoms with van der Waals surface area (Å²) in [6, 6.07) is 8.40. The molecule has 0 amide bonds. The molecule has 1 aromatic rings. The minimum atomic E-state index is 0. The monoisotopic (exact) mass is 448 g/mol. The molecule has 0 aliphatic rings. The highest BCUT2D eigenvalue weighted by atomic mass is 127. The van der Waals surface area contributed by atoms with Gasteiger partial charge in [-0.2, -0.15) is 0 Å². The molecular formula is C18H33IN4O. The van der Waals surface area contributed by atoms with Gasteiger partial charge in [0.15, 0.2) is 5.96 Å². The SMILES string of the molecule is CCCCNC(N)=NCC(c1cccc(OC)c1)N(CC)CC.I. The molecule has 0 heterocycles. The second-order valence-corrected chi connectivity index (χ2v) is 5.52. The number of hydrogen-bond acceptors (Lipinski definition) is 3. The van der Waals surface area contributed by atoms with Gasteiger partial charge in [-0.15, -0.1) is 24.0 Å². The summed E-state index contributed by atoms with van der Waals surface area (Å²) in [6.07, 6.45) is 2.25. The van der Waals surface area contributed by atoms with Crippen LogP contribution < -0.4 is 15.8 Å². The first-order chi connectivity index (χ1) is 11.2. The number of unbranched alkanes of at least 4 members (excludes halogenated alkanes) is 1. The van der Waals surface area contributed by atoms with Gasteiger partial charge in [-0.05, 0) is 37.2 Å². The minimum Gasteiger partial charge on any atom is -0.497 e. The molecule has 0 radical (unpaired) electrons. The molecule has 0 aliphatic heterocycles. The fourth-order valence-corrected chi connectivity index (χ4v) is 2.58. The summed E-state index contributed by atoms with van der Waals surface area (Å²) in [6.45, 7) is 9.95. The highest BCUT2D eigenvalue weighted by molar-refractivity contribution is 14.0. The third kappa shape index (κ3) is 7.70. The normalized spacial score (nSPS) is 12.6. The van der Waals surface area contributed by atoms with Crippen LogP contribution in [0, 0.1) is 0 Å². The van der Waals surface area contributed by atoms with E-state index in [1.165, 1.54) is 5.56 Å². The van der Waals surface area contributed by atoms with E-state index in [-0.39, 0.29) is 30.0 Å². The van der Waals surface area contributed by atoms with Gasteiger partial charge in [0.1, 0.15) is 5.75 Å². The Balaban J connectivity index is 0.00000529. The Kier molecular flexibility index (Phi) is 12.7. The predicted molar refractivity (Wildman–Crippen MR) is 113 cm³/mol. The first kappa shape index (κ1) is 23.0. The number of rotatable bonds is 10. The molecule has 138 valence electrons. The van der Waals surface area contributed by atoms with Crippen LogP contribution in [0.4, 0.5) is 0 Å². The van der Waals surface area contributed by atoms with Crippen LogP contribution in [-0.2, 0) is 0 Å². The van der Waals surface area contributed by atoms with Crippen molar-refractivity contribution in [3.63, 3.8) is 0 Å². The fourth-order valence-electron chi connectivity index (χ4n) is 2.58. The number of likely N-dealkylation sites (N-methyl/N-ethyl adjacent to an activating group) is 1. The summed E-state index contributed by atoms with van der Waals surface area (Å²) in [5.41, 5.74) is 7.18. The van der Waals surface area contributed by atoms with E-state index in [1.54, 1.807) is 7.11 Å². The number of aliphatic imine (C=N–C) groups is 1. The molecule has 0 fully saturated rings. The second-order valence-electron chi connectivity index (χ2n) is 5.52. The Hall–Kier alpha value is -1.02. The molecule has 1 unspecified atom stereocenters. The highest BCUT2D eigenvalue weighted by Gasteiger charge is 2.18. The summed E-state index contributed by atoms with van der Waals surface area (Å²) in [5, 5.41) is 3.17. The van der Waals surface area contributed by atoms with E-state index in [9.17, 15) is 0 Å². The molecular weight excluding hydrogens is 415 g/mol. The molecule has 0 saturated heterocycles. The second kappa shape index (κ2) is 13.3. The van der Waals surface area contributed by atoms with Gasteiger partial charge in [0.2, 0.25) is 0 Å². The average Bonchev–Trinajstić information content (AvgIpc) is 2.58. The van der Waals surface area contributed by atoms with Gasteiger partial charge in [0, 0.05) is 6.54 Å². The molecule has 1 atom stereocenters. The molecule has 24 heavy (non-hydrogen) atoms. The number of benzene rings is 1. The van der Waals surface area contributed by atoms with Crippen LogP contribution in [0.5, 0.6) is 5.75 Å². The van der Waals surface area contributed by atoms with E-state index < -0.39 is 0 Å². The lowest BCUT2D eigenvalue weighted by atomic mass is 10.0. The van der Waals surface area contributed by atoms with Crippen molar-refractivity contribution in [2.75, 3.05) is 33.3 Å². The van der Waals surface area contributed by atoms with Gasteiger partial charge in [-0.1, -0.05) is 39.3 Å². The first-order valence-electron chi connectivity index (χ1n) is 8.57. The van der Waals surface area contributed by atoms with Crippen LogP contribution in [0.1, 0.15) is 45.2 Å². The van der Waals surface area contributed by atoms with Gasteiger partial charge in [0.05, 0.1) is 19.7 Å². The number of methoxy groups -OCH3 is 1. The lowest BCUT2D eigenvalue weighted by Crippen LogP contribution is -2.35. The summed E-state index contributed by atoms with van der Waals surface area (Å²) in [5.74, 6) is 1.40. The Labute approximate surface area is 164 Å². The smallest absolute Gasteiger partial charge is 0.188 e. The summed E-state index contributed by atoms with van der Waals surface area (Å²) < 4.78 is 5.35. The number of nitrogens with one attached hydrogen (secondary N) is 1. The first-order valence-corrected chi connectivity index (χ1v) is 8.57. The molecule has 3 N–H and O–H groups in total. The third-order valence-corrected chi connectivity index (χ3v) is 4.00.